The van der Waals surface area contributed by atoms with Crippen LogP contribution in [0.3, 0.4) is 0 Å². The van der Waals surface area contributed by atoms with Crippen molar-refractivity contribution in [1.29, 1.82) is 0 Å². The maximum Gasteiger partial charge on any atom is 0.124 e. The lowest BCUT2D eigenvalue weighted by Gasteiger charge is -2.10. The Hall–Kier alpha value is -3.02. The molecule has 6 N–H and O–H groups in total. The van der Waals surface area contributed by atoms with Crippen molar-refractivity contribution < 1.29 is 10.2 Å². The van der Waals surface area contributed by atoms with Crippen molar-refractivity contribution in [1.82, 2.24) is 0 Å². The fourth-order valence-corrected chi connectivity index (χ4v) is 2.48. The van der Waals surface area contributed by atoms with E-state index in [0.717, 1.165) is 0 Å². The normalized spacial score (nSPS) is 13.7. The Labute approximate surface area is 147 Å². The summed E-state index contributed by atoms with van der Waals surface area (Å²) in [6.45, 7) is 6.02. The second-order valence-corrected chi connectivity index (χ2v) is 6.04. The summed E-state index contributed by atoms with van der Waals surface area (Å²) < 4.78 is 0. The number of aliphatic imine (C=N–C) groups is 2. The topological polar surface area (TPSA) is 117 Å². The molecule has 0 aliphatic rings. The molecule has 2 rings (SSSR count). The van der Waals surface area contributed by atoms with Gasteiger partial charge in [0.15, 0.2) is 0 Å². The van der Waals surface area contributed by atoms with Crippen molar-refractivity contribution in [3.05, 3.63) is 47.5 Å². The summed E-state index contributed by atoms with van der Waals surface area (Å²) in [6.07, 6.45) is 0. The van der Waals surface area contributed by atoms with Gasteiger partial charge in [-0.1, -0.05) is 0 Å². The average Bonchev–Trinajstić information content (AvgIpc) is 2.57. The van der Waals surface area contributed by atoms with Crippen molar-refractivity contribution in [2.45, 2.75) is 26.8 Å². The van der Waals surface area contributed by atoms with Crippen molar-refractivity contribution in [2.24, 2.45) is 9.98 Å². The maximum atomic E-state index is 9.94. The van der Waals surface area contributed by atoms with Crippen LogP contribution in [0, 0.1) is 0 Å². The first kappa shape index (κ1) is 18.3. The Bertz CT molecular complexity index is 828. The molecule has 2 aromatic carbocycles. The van der Waals surface area contributed by atoms with Gasteiger partial charge in [-0.3, -0.25) is 9.98 Å². The van der Waals surface area contributed by atoms with E-state index in [0.29, 0.717) is 40.5 Å². The van der Waals surface area contributed by atoms with Crippen LogP contribution in [0.25, 0.3) is 0 Å². The first-order chi connectivity index (χ1) is 11.8. The van der Waals surface area contributed by atoms with Gasteiger partial charge in [0.25, 0.3) is 0 Å². The number of nitrogens with two attached hydrogens (primary N) is 2. The van der Waals surface area contributed by atoms with Gasteiger partial charge < -0.3 is 21.7 Å². The summed E-state index contributed by atoms with van der Waals surface area (Å²) in [6, 6.07) is 9.68. The van der Waals surface area contributed by atoms with Gasteiger partial charge in [0.1, 0.15) is 11.5 Å². The predicted molar refractivity (Wildman–Crippen MR) is 104 cm³/mol. The van der Waals surface area contributed by atoms with Gasteiger partial charge in [-0.25, -0.2) is 0 Å². The standard InChI is InChI=1S/C19H24N4O2/c1-11(23-13(3)17-9-15(21)5-7-19(17)25)10-22-12(2)16-8-14(20)4-6-18(16)24/h4-9,11,24-25H,10,20-21H2,1-3H3. The summed E-state index contributed by atoms with van der Waals surface area (Å²) in [4.78, 5) is 9.05. The Kier molecular flexibility index (Phi) is 5.64. The number of anilines is 2. The molecule has 0 fully saturated rings. The van der Waals surface area contributed by atoms with Crippen LogP contribution < -0.4 is 11.5 Å². The number of hydrogen-bond acceptors (Lipinski definition) is 6. The van der Waals surface area contributed by atoms with E-state index in [2.05, 4.69) is 9.98 Å². The predicted octanol–water partition coefficient (Wildman–Crippen LogP) is 2.97. The number of nitrogens with zero attached hydrogens (tertiary/aromatic N) is 2. The lowest BCUT2D eigenvalue weighted by Crippen LogP contribution is -2.10. The summed E-state index contributed by atoms with van der Waals surface area (Å²) in [5.41, 5.74) is 15.3. The third-order valence-electron chi connectivity index (χ3n) is 3.83. The first-order valence-corrected chi connectivity index (χ1v) is 8.01. The molecule has 1 unspecified atom stereocenters. The molecule has 6 heteroatoms. The highest BCUT2D eigenvalue weighted by Crippen LogP contribution is 2.22. The Morgan fingerprint density at radius 3 is 1.92 bits per heavy atom. The summed E-state index contributed by atoms with van der Waals surface area (Å²) >= 11 is 0. The molecule has 0 spiro atoms. The average molecular weight is 340 g/mol. The van der Waals surface area contributed by atoms with Gasteiger partial charge >= 0.3 is 0 Å². The van der Waals surface area contributed by atoms with E-state index in [-0.39, 0.29) is 17.5 Å². The van der Waals surface area contributed by atoms with Crippen LogP contribution in [0.4, 0.5) is 11.4 Å². The molecule has 0 heterocycles. The minimum Gasteiger partial charge on any atom is -0.507 e. The van der Waals surface area contributed by atoms with E-state index < -0.39 is 0 Å². The van der Waals surface area contributed by atoms with E-state index >= 15 is 0 Å². The maximum absolute atomic E-state index is 9.94. The molecule has 0 saturated carbocycles. The number of rotatable bonds is 5. The quantitative estimate of drug-likeness (QED) is 0.380. The molecule has 132 valence electrons. The number of aromatic hydroxyl groups is 2. The fourth-order valence-electron chi connectivity index (χ4n) is 2.48. The molecule has 0 radical (unpaired) electrons. The highest BCUT2D eigenvalue weighted by Gasteiger charge is 2.09. The molecule has 0 bridgehead atoms. The third-order valence-corrected chi connectivity index (χ3v) is 3.83. The van der Waals surface area contributed by atoms with E-state index in [9.17, 15) is 10.2 Å². The number of nitrogen functional groups attached to an aromatic ring is 2. The molecular formula is C19H24N4O2. The summed E-state index contributed by atoms with van der Waals surface area (Å²) in [7, 11) is 0. The van der Waals surface area contributed by atoms with Crippen LogP contribution in [-0.4, -0.2) is 34.2 Å². The molecule has 25 heavy (non-hydrogen) atoms. The highest BCUT2D eigenvalue weighted by atomic mass is 16.3. The van der Waals surface area contributed by atoms with E-state index in [1.54, 1.807) is 36.4 Å². The zero-order valence-electron chi connectivity index (χ0n) is 14.7. The van der Waals surface area contributed by atoms with E-state index in [4.69, 9.17) is 11.5 Å². The lowest BCUT2D eigenvalue weighted by atomic mass is 10.1. The highest BCUT2D eigenvalue weighted by molar-refractivity contribution is 6.02. The first-order valence-electron chi connectivity index (χ1n) is 8.01. The molecule has 0 aliphatic heterocycles. The molecule has 2 aromatic rings. The molecule has 0 saturated heterocycles. The molecule has 0 aromatic heterocycles. The largest absolute Gasteiger partial charge is 0.507 e. The minimum atomic E-state index is -0.0982. The summed E-state index contributed by atoms with van der Waals surface area (Å²) in [5, 5.41) is 19.9. The van der Waals surface area contributed by atoms with Crippen molar-refractivity contribution in [3.8, 4) is 11.5 Å². The van der Waals surface area contributed by atoms with Crippen LogP contribution in [-0.2, 0) is 0 Å². The monoisotopic (exact) mass is 340 g/mol. The van der Waals surface area contributed by atoms with Gasteiger partial charge in [-0.05, 0) is 57.2 Å². The van der Waals surface area contributed by atoms with Crippen molar-refractivity contribution in [2.75, 3.05) is 18.0 Å². The van der Waals surface area contributed by atoms with Crippen molar-refractivity contribution in [3.63, 3.8) is 0 Å². The third kappa shape index (κ3) is 4.73. The number of phenolic OH excluding ortho intramolecular Hbond substituents is 2. The minimum absolute atomic E-state index is 0.0982. The van der Waals surface area contributed by atoms with Gasteiger partial charge in [0, 0.05) is 33.9 Å². The zero-order valence-corrected chi connectivity index (χ0v) is 14.7. The van der Waals surface area contributed by atoms with Gasteiger partial charge in [0.2, 0.25) is 0 Å². The van der Waals surface area contributed by atoms with Gasteiger partial charge in [-0.2, -0.15) is 0 Å². The lowest BCUT2D eigenvalue weighted by molar-refractivity contribution is 0.473. The molecule has 6 nitrogen and oxygen atoms in total. The van der Waals surface area contributed by atoms with E-state index in [1.165, 1.54) is 0 Å². The molecule has 0 amide bonds. The van der Waals surface area contributed by atoms with Crippen LogP contribution in [0.1, 0.15) is 31.9 Å². The Morgan fingerprint density at radius 1 is 0.920 bits per heavy atom. The van der Waals surface area contributed by atoms with Crippen molar-refractivity contribution >= 4 is 22.8 Å². The summed E-state index contributed by atoms with van der Waals surface area (Å²) in [5.74, 6) is 0.291. The second kappa shape index (κ2) is 7.70. The Balaban J connectivity index is 2.14. The molecule has 0 aliphatic carbocycles. The number of hydrogen-bond donors (Lipinski definition) is 4. The SMILES string of the molecule is CC(=NCC(C)N=C(C)c1cc(N)ccc1O)c1cc(N)ccc1O. The van der Waals surface area contributed by atoms with E-state index in [1.807, 2.05) is 20.8 Å². The molecule has 1 atom stereocenters. The van der Waals surface area contributed by atoms with Gasteiger partial charge in [-0.15, -0.1) is 0 Å². The zero-order chi connectivity index (χ0) is 18.6. The Morgan fingerprint density at radius 2 is 1.40 bits per heavy atom. The van der Waals surface area contributed by atoms with Gasteiger partial charge in [0.05, 0.1) is 12.6 Å². The van der Waals surface area contributed by atoms with Crippen LogP contribution >= 0.6 is 0 Å². The smallest absolute Gasteiger partial charge is 0.124 e. The fraction of sp³-hybridized carbons (Fsp3) is 0.263. The van der Waals surface area contributed by atoms with Crippen LogP contribution in [0.2, 0.25) is 0 Å². The number of benzene rings is 2. The van der Waals surface area contributed by atoms with Crippen LogP contribution in [0.15, 0.2) is 46.4 Å². The van der Waals surface area contributed by atoms with Crippen LogP contribution in [0.5, 0.6) is 11.5 Å². The second-order valence-electron chi connectivity index (χ2n) is 6.04. The number of phenols is 2. The molecular weight excluding hydrogens is 316 g/mol.